The molecule has 0 radical (unpaired) electrons. The van der Waals surface area contributed by atoms with E-state index >= 15 is 0 Å². The second kappa shape index (κ2) is 18.0. The summed E-state index contributed by atoms with van der Waals surface area (Å²) in [5.41, 5.74) is 2.51. The number of hydrogen-bond acceptors (Lipinski definition) is 4. The van der Waals surface area contributed by atoms with Crippen molar-refractivity contribution >= 4 is 11.7 Å². The first-order chi connectivity index (χ1) is 11.7. The number of unbranched alkanes of at least 4 members (excludes halogenated alkanes) is 12. The Morgan fingerprint density at radius 3 is 1.46 bits per heavy atom. The summed E-state index contributed by atoms with van der Waals surface area (Å²) in [7, 11) is 1.70. The Hall–Kier alpha value is -1.30. The maximum Gasteiger partial charge on any atom is 0.219 e. The molecule has 142 valence electrons. The van der Waals surface area contributed by atoms with Gasteiger partial charge in [0.2, 0.25) is 5.91 Å². The number of carbonyl (C=O) groups is 1. The molecule has 0 aromatic rings. The molecular formula is C18H39N5O. The first-order valence-corrected chi connectivity index (χ1v) is 9.68. The Kier molecular flexibility index (Phi) is 17.1. The Bertz CT molecular complexity index is 321. The van der Waals surface area contributed by atoms with E-state index in [1.54, 1.807) is 7.05 Å². The van der Waals surface area contributed by atoms with Gasteiger partial charge in [0.1, 0.15) is 5.84 Å². The summed E-state index contributed by atoms with van der Waals surface area (Å²) in [5, 5.41) is 6.24. The van der Waals surface area contributed by atoms with Gasteiger partial charge in [-0.1, -0.05) is 70.6 Å². The van der Waals surface area contributed by atoms with Crippen LogP contribution in [-0.4, -0.2) is 18.8 Å². The van der Waals surface area contributed by atoms with Crippen molar-refractivity contribution in [2.75, 3.05) is 7.05 Å². The fraction of sp³-hybridized carbons (Fsp3) is 0.889. The van der Waals surface area contributed by atoms with E-state index in [1.807, 2.05) is 0 Å². The lowest BCUT2D eigenvalue weighted by Crippen LogP contribution is -2.31. The van der Waals surface area contributed by atoms with Crippen LogP contribution in [0.5, 0.6) is 0 Å². The van der Waals surface area contributed by atoms with Crippen LogP contribution in [0.4, 0.5) is 0 Å². The van der Waals surface area contributed by atoms with Crippen LogP contribution in [0.25, 0.3) is 0 Å². The van der Waals surface area contributed by atoms with E-state index < -0.39 is 0 Å². The number of hydrogen-bond donors (Lipinski definition) is 4. The molecular weight excluding hydrogens is 302 g/mol. The van der Waals surface area contributed by atoms with E-state index in [1.165, 1.54) is 70.6 Å². The summed E-state index contributed by atoms with van der Waals surface area (Å²) in [6.07, 6.45) is 18.0. The zero-order valence-corrected chi connectivity index (χ0v) is 15.6. The summed E-state index contributed by atoms with van der Waals surface area (Å²) >= 11 is 0. The molecule has 0 fully saturated rings. The number of amides is 1. The Morgan fingerprint density at radius 2 is 1.12 bits per heavy atom. The first kappa shape index (κ1) is 22.7. The van der Waals surface area contributed by atoms with Crippen LogP contribution in [0.1, 0.15) is 96.3 Å². The highest BCUT2D eigenvalue weighted by atomic mass is 16.1. The molecule has 6 N–H and O–H groups in total. The van der Waals surface area contributed by atoms with Gasteiger partial charge in [-0.15, -0.1) is 0 Å². The zero-order valence-electron chi connectivity index (χ0n) is 15.6. The predicted octanol–water partition coefficient (Wildman–Crippen LogP) is 3.32. The van der Waals surface area contributed by atoms with Crippen LogP contribution in [0, 0.1) is 0 Å². The van der Waals surface area contributed by atoms with Crippen molar-refractivity contribution in [3.63, 3.8) is 0 Å². The third-order valence-corrected chi connectivity index (χ3v) is 4.42. The van der Waals surface area contributed by atoms with E-state index in [4.69, 9.17) is 11.7 Å². The maximum atomic E-state index is 11.1. The van der Waals surface area contributed by atoms with E-state index in [2.05, 4.69) is 15.8 Å². The summed E-state index contributed by atoms with van der Waals surface area (Å²) < 4.78 is 0. The molecule has 0 aromatic heterocycles. The van der Waals surface area contributed by atoms with E-state index in [0.717, 1.165) is 19.3 Å². The number of nitrogens with zero attached hydrogens (tertiary/aromatic N) is 1. The topological polar surface area (TPSA) is 106 Å². The van der Waals surface area contributed by atoms with Crippen molar-refractivity contribution in [2.24, 2.45) is 16.8 Å². The van der Waals surface area contributed by atoms with Gasteiger partial charge in [-0.05, 0) is 12.8 Å². The van der Waals surface area contributed by atoms with Crippen molar-refractivity contribution in [2.45, 2.75) is 96.3 Å². The van der Waals surface area contributed by atoms with Gasteiger partial charge in [0.15, 0.2) is 0 Å². The summed E-state index contributed by atoms with van der Waals surface area (Å²) in [6, 6.07) is 0. The van der Waals surface area contributed by atoms with Crippen molar-refractivity contribution in [1.82, 2.24) is 10.7 Å². The molecule has 1 amide bonds. The molecule has 0 bridgehead atoms. The molecule has 0 atom stereocenters. The van der Waals surface area contributed by atoms with Gasteiger partial charge < -0.3 is 16.6 Å². The van der Waals surface area contributed by atoms with Crippen LogP contribution in [0.2, 0.25) is 0 Å². The van der Waals surface area contributed by atoms with Gasteiger partial charge in [-0.3, -0.25) is 4.79 Å². The lowest BCUT2D eigenvalue weighted by Gasteiger charge is -2.04. The summed E-state index contributed by atoms with van der Waals surface area (Å²) in [6.45, 7) is 0. The van der Waals surface area contributed by atoms with Crippen LogP contribution in [-0.2, 0) is 4.79 Å². The Labute approximate surface area is 148 Å². The second-order valence-electron chi connectivity index (χ2n) is 6.49. The van der Waals surface area contributed by atoms with Crippen LogP contribution < -0.4 is 22.4 Å². The number of rotatable bonds is 16. The van der Waals surface area contributed by atoms with Crippen molar-refractivity contribution in [1.29, 1.82) is 0 Å². The molecule has 0 spiro atoms. The van der Waals surface area contributed by atoms with Gasteiger partial charge in [-0.25, -0.2) is 5.84 Å². The molecule has 0 aliphatic rings. The van der Waals surface area contributed by atoms with Crippen molar-refractivity contribution in [3.05, 3.63) is 0 Å². The van der Waals surface area contributed by atoms with Crippen molar-refractivity contribution < 1.29 is 4.79 Å². The number of nitrogens with two attached hydrogens (primary N) is 2. The average molecular weight is 342 g/mol. The molecule has 0 aromatic carbocycles. The van der Waals surface area contributed by atoms with Crippen molar-refractivity contribution in [3.8, 4) is 0 Å². The molecule has 0 rings (SSSR count). The highest BCUT2D eigenvalue weighted by molar-refractivity contribution is 5.81. The zero-order chi connectivity index (χ0) is 17.9. The first-order valence-electron chi connectivity index (χ1n) is 9.68. The van der Waals surface area contributed by atoms with Gasteiger partial charge in [-0.2, -0.15) is 5.10 Å². The van der Waals surface area contributed by atoms with E-state index in [-0.39, 0.29) is 5.91 Å². The molecule has 6 heteroatoms. The highest BCUT2D eigenvalue weighted by Crippen LogP contribution is 2.13. The quantitative estimate of drug-likeness (QED) is 0.114. The summed E-state index contributed by atoms with van der Waals surface area (Å²) in [4.78, 5) is 11.1. The smallest absolute Gasteiger partial charge is 0.219 e. The Morgan fingerprint density at radius 1 is 0.750 bits per heavy atom. The van der Waals surface area contributed by atoms with Gasteiger partial charge in [0.05, 0.1) is 0 Å². The van der Waals surface area contributed by atoms with Crippen LogP contribution in [0.15, 0.2) is 5.10 Å². The minimum absolute atomic E-state index is 0.166. The monoisotopic (exact) mass is 341 g/mol. The lowest BCUT2D eigenvalue weighted by atomic mass is 10.0. The predicted molar refractivity (Wildman–Crippen MR) is 102 cm³/mol. The van der Waals surface area contributed by atoms with Crippen LogP contribution >= 0.6 is 0 Å². The fourth-order valence-corrected chi connectivity index (χ4v) is 2.82. The fourth-order valence-electron chi connectivity index (χ4n) is 2.82. The van der Waals surface area contributed by atoms with Crippen LogP contribution in [0.3, 0.4) is 0 Å². The molecule has 0 heterocycles. The minimum Gasteiger partial charge on any atom is -0.359 e. The SMILES string of the molecule is CNC(=O)CCCCCCCCCCCCCCC/C(=N/N)NN. The number of carbonyl (C=O) groups excluding carboxylic acids is 1. The third-order valence-electron chi connectivity index (χ3n) is 4.42. The number of nitrogens with one attached hydrogen (secondary N) is 2. The highest BCUT2D eigenvalue weighted by Gasteiger charge is 1.98. The van der Waals surface area contributed by atoms with E-state index in [9.17, 15) is 4.79 Å². The number of hydrazone groups is 1. The standard InChI is InChI=1S/C18H39N5O/c1-21-18(24)16-14-12-10-8-6-4-2-3-5-7-9-11-13-15-17(22-19)23-20/h2-16,19-20H2,1H3,(H,21,24)(H,22,23). The molecule has 0 saturated heterocycles. The average Bonchev–Trinajstić information content (AvgIpc) is 2.61. The minimum atomic E-state index is 0.166. The second-order valence-corrected chi connectivity index (χ2v) is 6.49. The third kappa shape index (κ3) is 15.6. The van der Waals surface area contributed by atoms with E-state index in [0.29, 0.717) is 12.3 Å². The molecule has 0 saturated carbocycles. The maximum absolute atomic E-state index is 11.1. The molecule has 0 aliphatic carbocycles. The Balaban J connectivity index is 3.11. The molecule has 24 heavy (non-hydrogen) atoms. The normalized spacial score (nSPS) is 11.5. The largest absolute Gasteiger partial charge is 0.359 e. The molecule has 0 unspecified atom stereocenters. The molecule has 0 aliphatic heterocycles. The van der Waals surface area contributed by atoms with Gasteiger partial charge >= 0.3 is 0 Å². The number of hydrazine groups is 1. The molecule has 6 nitrogen and oxygen atoms in total. The lowest BCUT2D eigenvalue weighted by molar-refractivity contribution is -0.120. The van der Waals surface area contributed by atoms with Gasteiger partial charge in [0, 0.05) is 19.9 Å². The van der Waals surface area contributed by atoms with Gasteiger partial charge in [0.25, 0.3) is 0 Å². The summed E-state index contributed by atoms with van der Waals surface area (Å²) in [5.74, 6) is 11.3. The number of amidine groups is 1.